The Bertz CT molecular complexity index is 753. The highest BCUT2D eigenvalue weighted by molar-refractivity contribution is 5.93. The molecule has 1 amide bonds. The molecule has 24 heavy (non-hydrogen) atoms. The molecular weight excluding hydrogens is 333 g/mol. The average molecular weight is 344 g/mol. The molecule has 1 fully saturated rings. The van der Waals surface area contributed by atoms with Crippen LogP contribution in [0.1, 0.15) is 10.5 Å². The minimum absolute atomic E-state index is 0.143. The number of aromatic nitrogens is 1. The fourth-order valence-electron chi connectivity index (χ4n) is 2.62. The van der Waals surface area contributed by atoms with Crippen LogP contribution in [0.2, 0.25) is 0 Å². The van der Waals surface area contributed by atoms with Crippen molar-refractivity contribution < 1.29 is 36.8 Å². The van der Waals surface area contributed by atoms with E-state index in [1.807, 2.05) is 0 Å². The fraction of sp³-hybridized carbons (Fsp3) is 0.357. The quantitative estimate of drug-likeness (QED) is 0.917. The minimum Gasteiger partial charge on any atom is -0.481 e. The van der Waals surface area contributed by atoms with Crippen molar-refractivity contribution in [1.82, 2.24) is 10.1 Å². The van der Waals surface area contributed by atoms with Crippen molar-refractivity contribution in [2.75, 3.05) is 13.1 Å². The summed E-state index contributed by atoms with van der Waals surface area (Å²) in [4.78, 5) is 24.1. The monoisotopic (exact) mass is 344 g/mol. The van der Waals surface area contributed by atoms with Gasteiger partial charge in [-0.25, -0.2) is 0 Å². The van der Waals surface area contributed by atoms with Crippen LogP contribution in [0.3, 0.4) is 0 Å². The number of rotatable bonds is 3. The molecule has 0 unspecified atom stereocenters. The van der Waals surface area contributed by atoms with Crippen molar-refractivity contribution in [3.63, 3.8) is 0 Å². The molecule has 1 aliphatic rings. The first-order valence-corrected chi connectivity index (χ1v) is 6.86. The van der Waals surface area contributed by atoms with E-state index in [-0.39, 0.29) is 11.5 Å². The summed E-state index contributed by atoms with van der Waals surface area (Å²) in [5.41, 5.74) is -0.214. The second-order valence-corrected chi connectivity index (χ2v) is 5.36. The number of nitrogens with zero attached hydrogens (tertiary/aromatic N) is 2. The van der Waals surface area contributed by atoms with E-state index >= 15 is 0 Å². The van der Waals surface area contributed by atoms with Gasteiger partial charge in [0.1, 0.15) is 0 Å². The molecule has 1 N–H and O–H groups in total. The molecule has 1 aliphatic heterocycles. The van der Waals surface area contributed by atoms with Crippen LogP contribution in [0.5, 0.6) is 0 Å². The number of hydrogen-bond acceptors (Lipinski definition) is 5. The number of furan rings is 1. The highest BCUT2D eigenvalue weighted by atomic mass is 19.4. The van der Waals surface area contributed by atoms with Gasteiger partial charge >= 0.3 is 12.1 Å². The van der Waals surface area contributed by atoms with Gasteiger partial charge in [0.25, 0.3) is 5.91 Å². The lowest BCUT2D eigenvalue weighted by Crippen LogP contribution is -2.34. The Balaban J connectivity index is 1.80. The smallest absolute Gasteiger partial charge is 0.394 e. The summed E-state index contributed by atoms with van der Waals surface area (Å²) in [5.74, 6) is -5.79. The Hall–Kier alpha value is -2.78. The lowest BCUT2D eigenvalue weighted by Gasteiger charge is -2.17. The highest BCUT2D eigenvalue weighted by Gasteiger charge is 2.53. The van der Waals surface area contributed by atoms with Crippen LogP contribution < -0.4 is 0 Å². The van der Waals surface area contributed by atoms with E-state index in [9.17, 15) is 22.8 Å². The second-order valence-electron chi connectivity index (χ2n) is 5.36. The third-order valence-corrected chi connectivity index (χ3v) is 3.84. The molecule has 2 aromatic heterocycles. The predicted molar refractivity (Wildman–Crippen MR) is 70.8 cm³/mol. The molecule has 0 aromatic carbocycles. The van der Waals surface area contributed by atoms with Gasteiger partial charge in [0.2, 0.25) is 5.76 Å². The number of carboxylic acid groups (broad SMARTS) is 1. The SMILES string of the molecule is O=C(O)[C@@H]1CN(C(=O)c2cc(-c3ccco3)on2)C[C@H]1C(F)(F)F. The molecule has 1 saturated heterocycles. The summed E-state index contributed by atoms with van der Waals surface area (Å²) in [7, 11) is 0. The first-order chi connectivity index (χ1) is 11.3. The van der Waals surface area contributed by atoms with E-state index in [1.54, 1.807) is 12.1 Å². The number of alkyl halides is 3. The normalized spacial score (nSPS) is 21.2. The molecule has 0 spiro atoms. The molecule has 2 aromatic rings. The third kappa shape index (κ3) is 2.86. The van der Waals surface area contributed by atoms with E-state index in [2.05, 4.69) is 5.16 Å². The number of aliphatic carboxylic acids is 1. The molecule has 0 bridgehead atoms. The molecule has 3 rings (SSSR count). The fourth-order valence-corrected chi connectivity index (χ4v) is 2.62. The van der Waals surface area contributed by atoms with Crippen molar-refractivity contribution in [3.8, 4) is 11.5 Å². The van der Waals surface area contributed by atoms with Gasteiger partial charge in [-0.2, -0.15) is 13.2 Å². The molecule has 10 heteroatoms. The molecule has 2 atom stereocenters. The van der Waals surface area contributed by atoms with Crippen molar-refractivity contribution >= 4 is 11.9 Å². The number of carboxylic acids is 1. The van der Waals surface area contributed by atoms with Gasteiger partial charge < -0.3 is 18.9 Å². The van der Waals surface area contributed by atoms with Crippen molar-refractivity contribution in [1.29, 1.82) is 0 Å². The van der Waals surface area contributed by atoms with E-state index in [1.165, 1.54) is 12.3 Å². The van der Waals surface area contributed by atoms with E-state index < -0.39 is 43.0 Å². The van der Waals surface area contributed by atoms with Gasteiger partial charge in [-0.05, 0) is 12.1 Å². The van der Waals surface area contributed by atoms with E-state index in [0.717, 1.165) is 4.90 Å². The van der Waals surface area contributed by atoms with Gasteiger partial charge in [0.15, 0.2) is 11.5 Å². The molecular formula is C14H11F3N2O5. The number of halogens is 3. The topological polar surface area (TPSA) is 96.8 Å². The maximum atomic E-state index is 13.0. The number of hydrogen-bond donors (Lipinski definition) is 1. The van der Waals surface area contributed by atoms with Crippen LogP contribution >= 0.6 is 0 Å². The van der Waals surface area contributed by atoms with Crippen molar-refractivity contribution in [2.45, 2.75) is 6.18 Å². The zero-order valence-corrected chi connectivity index (χ0v) is 12.0. The van der Waals surface area contributed by atoms with Gasteiger partial charge in [0.05, 0.1) is 18.1 Å². The molecule has 128 valence electrons. The summed E-state index contributed by atoms with van der Waals surface area (Å²) in [5, 5.41) is 12.5. The first kappa shape index (κ1) is 16.1. The van der Waals surface area contributed by atoms with E-state index in [0.29, 0.717) is 5.76 Å². The van der Waals surface area contributed by atoms with Crippen LogP contribution in [-0.2, 0) is 4.79 Å². The third-order valence-electron chi connectivity index (χ3n) is 3.84. The molecule has 0 saturated carbocycles. The van der Waals surface area contributed by atoms with Gasteiger partial charge in [0, 0.05) is 19.2 Å². The molecule has 0 aliphatic carbocycles. The van der Waals surface area contributed by atoms with Crippen molar-refractivity contribution in [3.05, 3.63) is 30.2 Å². The Morgan fingerprint density at radius 1 is 1.29 bits per heavy atom. The zero-order valence-electron chi connectivity index (χ0n) is 12.0. The Morgan fingerprint density at radius 3 is 2.58 bits per heavy atom. The molecule has 7 nitrogen and oxygen atoms in total. The summed E-state index contributed by atoms with van der Waals surface area (Å²) in [6, 6.07) is 4.38. The minimum atomic E-state index is -4.71. The van der Waals surface area contributed by atoms with Crippen LogP contribution in [0, 0.1) is 11.8 Å². The first-order valence-electron chi connectivity index (χ1n) is 6.86. The maximum Gasteiger partial charge on any atom is 0.394 e. The number of amides is 1. The highest BCUT2D eigenvalue weighted by Crippen LogP contribution is 2.38. The number of likely N-dealkylation sites (tertiary alicyclic amines) is 1. The predicted octanol–water partition coefficient (Wildman–Crippen LogP) is 2.27. The lowest BCUT2D eigenvalue weighted by atomic mass is 9.96. The van der Waals surface area contributed by atoms with Gasteiger partial charge in [-0.1, -0.05) is 5.16 Å². The Kier molecular flexibility index (Phi) is 3.82. The van der Waals surface area contributed by atoms with Crippen LogP contribution in [0.25, 0.3) is 11.5 Å². The molecule has 0 radical (unpaired) electrons. The van der Waals surface area contributed by atoms with Gasteiger partial charge in [-0.15, -0.1) is 0 Å². The van der Waals surface area contributed by atoms with Crippen LogP contribution in [-0.4, -0.2) is 46.3 Å². The Morgan fingerprint density at radius 2 is 2.04 bits per heavy atom. The van der Waals surface area contributed by atoms with E-state index in [4.69, 9.17) is 14.0 Å². The summed E-state index contributed by atoms with van der Waals surface area (Å²) >= 11 is 0. The maximum absolute atomic E-state index is 13.0. The zero-order chi connectivity index (χ0) is 17.5. The van der Waals surface area contributed by atoms with Crippen molar-refractivity contribution in [2.24, 2.45) is 11.8 Å². The Labute approximate surface area is 132 Å². The van der Waals surface area contributed by atoms with Crippen LogP contribution in [0.15, 0.2) is 33.4 Å². The van der Waals surface area contributed by atoms with Crippen LogP contribution in [0.4, 0.5) is 13.2 Å². The number of carbonyl (C=O) groups excluding carboxylic acids is 1. The largest absolute Gasteiger partial charge is 0.481 e. The standard InChI is InChI=1S/C14H11F3N2O5/c15-14(16,17)8-6-19(5-7(8)13(21)22)12(20)9-4-11(24-18-9)10-2-1-3-23-10/h1-4,7-8H,5-6H2,(H,21,22)/t7-,8-/m1/s1. The summed E-state index contributed by atoms with van der Waals surface area (Å²) in [6.07, 6.45) is -3.33. The lowest BCUT2D eigenvalue weighted by molar-refractivity contribution is -0.187. The second kappa shape index (κ2) is 5.69. The molecule has 3 heterocycles. The average Bonchev–Trinajstić information content (AvgIpc) is 3.23. The number of carbonyl (C=O) groups is 2. The summed E-state index contributed by atoms with van der Waals surface area (Å²) < 4.78 is 48.8. The van der Waals surface area contributed by atoms with Gasteiger partial charge in [-0.3, -0.25) is 9.59 Å². The summed E-state index contributed by atoms with van der Waals surface area (Å²) in [6.45, 7) is -1.27.